The second-order valence-electron chi connectivity index (χ2n) is 5.64. The van der Waals surface area contributed by atoms with Gasteiger partial charge in [-0.25, -0.2) is 19.9 Å². The highest BCUT2D eigenvalue weighted by Crippen LogP contribution is 2.24. The van der Waals surface area contributed by atoms with Gasteiger partial charge in [-0.1, -0.05) is 12.1 Å². The van der Waals surface area contributed by atoms with E-state index in [0.717, 1.165) is 30.5 Å². The number of aryl methyl sites for hydroxylation is 1. The van der Waals surface area contributed by atoms with Crippen molar-refractivity contribution in [3.63, 3.8) is 0 Å². The normalized spacial score (nSPS) is 11.0. The smallest absolute Gasteiger partial charge is 0.167 e. The number of benzene rings is 1. The molecular weight excluding hydrogens is 316 g/mol. The maximum atomic E-state index is 6.29. The van der Waals surface area contributed by atoms with Crippen LogP contribution in [0.1, 0.15) is 6.42 Å². The van der Waals surface area contributed by atoms with Crippen LogP contribution in [-0.2, 0) is 6.54 Å². The molecule has 0 saturated heterocycles. The Bertz CT molecular complexity index is 973. The Kier molecular flexibility index (Phi) is 3.99. The summed E-state index contributed by atoms with van der Waals surface area (Å²) in [5, 5.41) is 3.28. The van der Waals surface area contributed by atoms with Crippen molar-refractivity contribution in [1.82, 2.24) is 29.1 Å². The third-order valence-corrected chi connectivity index (χ3v) is 3.99. The van der Waals surface area contributed by atoms with Crippen molar-refractivity contribution in [1.29, 1.82) is 0 Å². The van der Waals surface area contributed by atoms with Gasteiger partial charge in [0.2, 0.25) is 0 Å². The number of fused-ring (bicyclic) bond motifs is 1. The fraction of sp³-hybridized carbons (Fsp3) is 0.176. The van der Waals surface area contributed by atoms with E-state index in [0.29, 0.717) is 17.3 Å². The molecular formula is C17H18N8. The molecule has 0 amide bonds. The van der Waals surface area contributed by atoms with Gasteiger partial charge in [0.15, 0.2) is 11.6 Å². The summed E-state index contributed by atoms with van der Waals surface area (Å²) in [6.45, 7) is 1.64. The van der Waals surface area contributed by atoms with Gasteiger partial charge >= 0.3 is 0 Å². The molecule has 0 fully saturated rings. The Hall–Kier alpha value is -3.42. The van der Waals surface area contributed by atoms with Gasteiger partial charge in [-0.3, -0.25) is 4.57 Å². The number of nitrogens with two attached hydrogens (primary N) is 1. The lowest BCUT2D eigenvalue weighted by atomic mass is 10.3. The van der Waals surface area contributed by atoms with Crippen LogP contribution in [0.15, 0.2) is 55.6 Å². The lowest BCUT2D eigenvalue weighted by molar-refractivity contribution is 0.660. The molecule has 1 aromatic carbocycles. The van der Waals surface area contributed by atoms with E-state index >= 15 is 0 Å². The fourth-order valence-corrected chi connectivity index (χ4v) is 2.73. The molecule has 25 heavy (non-hydrogen) atoms. The highest BCUT2D eigenvalue weighted by Gasteiger charge is 2.12. The van der Waals surface area contributed by atoms with Gasteiger partial charge < -0.3 is 15.6 Å². The molecule has 0 bridgehead atoms. The molecule has 3 aromatic heterocycles. The first kappa shape index (κ1) is 15.1. The van der Waals surface area contributed by atoms with Crippen molar-refractivity contribution in [2.24, 2.45) is 0 Å². The Balaban J connectivity index is 1.52. The van der Waals surface area contributed by atoms with Gasteiger partial charge in [0.25, 0.3) is 0 Å². The molecule has 0 aliphatic carbocycles. The number of rotatable bonds is 6. The first-order valence-electron chi connectivity index (χ1n) is 8.05. The van der Waals surface area contributed by atoms with E-state index in [1.54, 1.807) is 18.9 Å². The summed E-state index contributed by atoms with van der Waals surface area (Å²) in [5.74, 6) is 1.26. The van der Waals surface area contributed by atoms with Gasteiger partial charge in [-0.15, -0.1) is 0 Å². The monoisotopic (exact) mass is 334 g/mol. The molecule has 0 spiro atoms. The predicted molar refractivity (Wildman–Crippen MR) is 96.4 cm³/mol. The maximum Gasteiger partial charge on any atom is 0.167 e. The number of anilines is 2. The molecule has 0 saturated carbocycles. The van der Waals surface area contributed by atoms with Crippen molar-refractivity contribution >= 4 is 22.5 Å². The summed E-state index contributed by atoms with van der Waals surface area (Å²) >= 11 is 0. The van der Waals surface area contributed by atoms with Gasteiger partial charge in [0, 0.05) is 25.5 Å². The summed E-state index contributed by atoms with van der Waals surface area (Å²) in [7, 11) is 0. The first-order valence-corrected chi connectivity index (χ1v) is 8.05. The first-order chi connectivity index (χ1) is 12.3. The summed E-state index contributed by atoms with van der Waals surface area (Å²) < 4.78 is 3.91. The van der Waals surface area contributed by atoms with Crippen molar-refractivity contribution < 1.29 is 0 Å². The minimum atomic E-state index is 0.508. The molecule has 0 aliphatic rings. The van der Waals surface area contributed by atoms with E-state index in [1.807, 2.05) is 39.6 Å². The van der Waals surface area contributed by atoms with Gasteiger partial charge in [-0.05, 0) is 18.6 Å². The van der Waals surface area contributed by atoms with Crippen molar-refractivity contribution in [3.05, 3.63) is 55.6 Å². The zero-order chi connectivity index (χ0) is 17.1. The molecule has 0 radical (unpaired) electrons. The van der Waals surface area contributed by atoms with E-state index in [9.17, 15) is 0 Å². The summed E-state index contributed by atoms with van der Waals surface area (Å²) in [6, 6.07) is 7.87. The van der Waals surface area contributed by atoms with E-state index in [4.69, 9.17) is 5.73 Å². The largest absolute Gasteiger partial charge is 0.393 e. The molecule has 8 nitrogen and oxygen atoms in total. The highest BCUT2D eigenvalue weighted by molar-refractivity contribution is 5.80. The lowest BCUT2D eigenvalue weighted by Gasteiger charge is -2.12. The molecule has 3 heterocycles. The quantitative estimate of drug-likeness (QED) is 0.524. The van der Waals surface area contributed by atoms with Crippen LogP contribution < -0.4 is 11.1 Å². The highest BCUT2D eigenvalue weighted by atomic mass is 15.2. The van der Waals surface area contributed by atoms with Crippen LogP contribution in [0.3, 0.4) is 0 Å². The number of nitrogen functional groups attached to an aromatic ring is 1. The molecule has 0 aliphatic heterocycles. The molecule has 8 heteroatoms. The van der Waals surface area contributed by atoms with Crippen LogP contribution in [0.4, 0.5) is 11.5 Å². The number of imidazole rings is 2. The van der Waals surface area contributed by atoms with Crippen LogP contribution in [0.2, 0.25) is 0 Å². The van der Waals surface area contributed by atoms with E-state index < -0.39 is 0 Å². The standard InChI is InChI=1S/C17H18N8/c18-15-16(20-6-3-8-24-9-7-19-11-24)21-10-22-17(15)25-12-23-13-4-1-2-5-14(13)25/h1-2,4-5,7,9-12H,3,6,8,18H2,(H,20,21,22). The summed E-state index contributed by atoms with van der Waals surface area (Å²) in [6.07, 6.45) is 9.70. The second-order valence-corrected chi connectivity index (χ2v) is 5.64. The van der Waals surface area contributed by atoms with Crippen molar-refractivity contribution in [2.45, 2.75) is 13.0 Å². The fourth-order valence-electron chi connectivity index (χ4n) is 2.73. The van der Waals surface area contributed by atoms with Gasteiger partial charge in [0.05, 0.1) is 17.4 Å². The minimum absolute atomic E-state index is 0.508. The zero-order valence-corrected chi connectivity index (χ0v) is 13.6. The number of nitrogens with one attached hydrogen (secondary N) is 1. The zero-order valence-electron chi connectivity index (χ0n) is 13.6. The Morgan fingerprint density at radius 1 is 1.08 bits per heavy atom. The van der Waals surface area contributed by atoms with E-state index in [2.05, 4.69) is 25.3 Å². The molecule has 3 N–H and O–H groups in total. The van der Waals surface area contributed by atoms with E-state index in [-0.39, 0.29) is 0 Å². The molecule has 4 rings (SSSR count). The third kappa shape index (κ3) is 3.01. The van der Waals surface area contributed by atoms with Gasteiger partial charge in [0.1, 0.15) is 18.3 Å². The predicted octanol–water partition coefficient (Wildman–Crippen LogP) is 2.10. The topological polar surface area (TPSA) is 99.5 Å². The van der Waals surface area contributed by atoms with Crippen LogP contribution >= 0.6 is 0 Å². The van der Waals surface area contributed by atoms with Crippen molar-refractivity contribution in [3.8, 4) is 5.82 Å². The SMILES string of the molecule is Nc1c(NCCCn2ccnc2)ncnc1-n1cnc2ccccc21. The van der Waals surface area contributed by atoms with Gasteiger partial charge in [-0.2, -0.15) is 0 Å². The number of para-hydroxylation sites is 2. The lowest BCUT2D eigenvalue weighted by Crippen LogP contribution is -2.11. The maximum absolute atomic E-state index is 6.29. The molecule has 0 unspecified atom stereocenters. The Morgan fingerprint density at radius 2 is 2.00 bits per heavy atom. The van der Waals surface area contributed by atoms with Crippen LogP contribution in [0.25, 0.3) is 16.9 Å². The van der Waals surface area contributed by atoms with Crippen LogP contribution in [-0.4, -0.2) is 35.6 Å². The van der Waals surface area contributed by atoms with Crippen molar-refractivity contribution in [2.75, 3.05) is 17.6 Å². The summed E-state index contributed by atoms with van der Waals surface area (Å²) in [5.41, 5.74) is 8.65. The number of nitrogens with zero attached hydrogens (tertiary/aromatic N) is 6. The third-order valence-electron chi connectivity index (χ3n) is 3.99. The second kappa shape index (κ2) is 6.60. The minimum Gasteiger partial charge on any atom is -0.393 e. The van der Waals surface area contributed by atoms with Crippen LogP contribution in [0, 0.1) is 0 Å². The van der Waals surface area contributed by atoms with Crippen LogP contribution in [0.5, 0.6) is 0 Å². The number of hydrogen-bond donors (Lipinski definition) is 2. The summed E-state index contributed by atoms with van der Waals surface area (Å²) in [4.78, 5) is 17.0. The average Bonchev–Trinajstić information content (AvgIpc) is 3.30. The number of aromatic nitrogens is 6. The molecule has 4 aromatic rings. The molecule has 126 valence electrons. The molecule has 0 atom stereocenters. The average molecular weight is 334 g/mol. The Labute approximate surface area is 144 Å². The number of hydrogen-bond acceptors (Lipinski definition) is 6. The Morgan fingerprint density at radius 3 is 2.88 bits per heavy atom. The van der Waals surface area contributed by atoms with E-state index in [1.165, 1.54) is 6.33 Å².